The van der Waals surface area contributed by atoms with Gasteiger partial charge >= 0.3 is 11.9 Å². The number of carbonyl (C=O) groups excluding carboxylic acids is 3. The molecule has 1 aromatic heterocycles. The Morgan fingerprint density at radius 1 is 1.03 bits per heavy atom. The van der Waals surface area contributed by atoms with Gasteiger partial charge in [0.25, 0.3) is 0 Å². The lowest BCUT2D eigenvalue weighted by Crippen LogP contribution is -2.61. The molecule has 0 spiro atoms. The van der Waals surface area contributed by atoms with Crippen molar-refractivity contribution in [2.45, 2.75) is 38.0 Å². The van der Waals surface area contributed by atoms with Crippen LogP contribution in [-0.4, -0.2) is 47.5 Å². The number of benzene rings is 1. The molecule has 0 saturated carbocycles. The third-order valence-corrected chi connectivity index (χ3v) is 5.53. The number of nitrogens with zero attached hydrogens (tertiary/aromatic N) is 1. The number of rotatable bonds is 5. The van der Waals surface area contributed by atoms with Crippen LogP contribution >= 0.6 is 0 Å². The number of hydrogen-bond acceptors (Lipinski definition) is 7. The normalized spacial score (nSPS) is 25.8. The highest BCUT2D eigenvalue weighted by atomic mass is 16.6. The quantitative estimate of drug-likeness (QED) is 0.553. The highest BCUT2D eigenvalue weighted by Gasteiger charge is 2.55. The summed E-state index contributed by atoms with van der Waals surface area (Å²) in [5, 5.41) is 0. The molecule has 4 rings (SSSR count). The van der Waals surface area contributed by atoms with E-state index in [0.29, 0.717) is 18.8 Å². The van der Waals surface area contributed by atoms with E-state index in [1.54, 1.807) is 19.1 Å². The van der Waals surface area contributed by atoms with Crippen LogP contribution in [0.3, 0.4) is 0 Å². The summed E-state index contributed by atoms with van der Waals surface area (Å²) >= 11 is 0. The lowest BCUT2D eigenvalue weighted by atomic mass is 9.89. The second kappa shape index (κ2) is 8.28. The van der Waals surface area contributed by atoms with Crippen LogP contribution in [0.2, 0.25) is 0 Å². The van der Waals surface area contributed by atoms with Crippen molar-refractivity contribution in [3.8, 4) is 11.3 Å². The van der Waals surface area contributed by atoms with Crippen LogP contribution in [-0.2, 0) is 19.1 Å². The SMILES string of the molecule is CCC1(C(=O)c2ccc(-c3ccccc3)o2)OC(=O)/C=C\C(=O)OC1N1CCCC1. The average Bonchev–Trinajstić information content (AvgIpc) is 3.46. The first-order chi connectivity index (χ1) is 14.5. The fourth-order valence-corrected chi connectivity index (χ4v) is 3.98. The Hall–Kier alpha value is -3.19. The van der Waals surface area contributed by atoms with Crippen LogP contribution in [0, 0.1) is 0 Å². The summed E-state index contributed by atoms with van der Waals surface area (Å²) in [7, 11) is 0. The monoisotopic (exact) mass is 409 g/mol. The van der Waals surface area contributed by atoms with Crippen LogP contribution < -0.4 is 0 Å². The van der Waals surface area contributed by atoms with E-state index in [9.17, 15) is 14.4 Å². The third kappa shape index (κ3) is 3.68. The first-order valence-electron chi connectivity index (χ1n) is 10.1. The van der Waals surface area contributed by atoms with E-state index in [1.165, 1.54) is 0 Å². The van der Waals surface area contributed by atoms with Crippen molar-refractivity contribution in [1.82, 2.24) is 4.90 Å². The van der Waals surface area contributed by atoms with Crippen molar-refractivity contribution in [3.63, 3.8) is 0 Å². The number of furan rings is 1. The molecule has 0 amide bonds. The van der Waals surface area contributed by atoms with Crippen molar-refractivity contribution in [1.29, 1.82) is 0 Å². The average molecular weight is 409 g/mol. The fourth-order valence-electron chi connectivity index (χ4n) is 3.98. The second-order valence-corrected chi connectivity index (χ2v) is 7.39. The van der Waals surface area contributed by atoms with Gasteiger partial charge in [-0.15, -0.1) is 0 Å². The van der Waals surface area contributed by atoms with Gasteiger partial charge in [-0.1, -0.05) is 37.3 Å². The van der Waals surface area contributed by atoms with Crippen molar-refractivity contribution < 1.29 is 28.3 Å². The first kappa shape index (κ1) is 20.1. The van der Waals surface area contributed by atoms with Crippen LogP contribution in [0.5, 0.6) is 0 Å². The number of esters is 2. The maximum Gasteiger partial charge on any atom is 0.332 e. The Kier molecular flexibility index (Phi) is 5.55. The number of Topliss-reactive ketones (excluding diaryl/α,β-unsaturated/α-hetero) is 1. The maximum atomic E-state index is 13.7. The molecule has 0 radical (unpaired) electrons. The Bertz CT molecular complexity index is 973. The second-order valence-electron chi connectivity index (χ2n) is 7.39. The molecule has 30 heavy (non-hydrogen) atoms. The lowest BCUT2D eigenvalue weighted by molar-refractivity contribution is -0.194. The number of ether oxygens (including phenoxy) is 2. The topological polar surface area (TPSA) is 86.0 Å². The molecule has 1 saturated heterocycles. The van der Waals surface area contributed by atoms with Gasteiger partial charge in [0.1, 0.15) is 5.76 Å². The summed E-state index contributed by atoms with van der Waals surface area (Å²) in [6.07, 6.45) is 2.92. The van der Waals surface area contributed by atoms with E-state index in [1.807, 2.05) is 35.2 Å². The van der Waals surface area contributed by atoms with E-state index in [4.69, 9.17) is 13.9 Å². The number of likely N-dealkylation sites (tertiary alicyclic amines) is 1. The predicted molar refractivity (Wildman–Crippen MR) is 107 cm³/mol. The van der Waals surface area contributed by atoms with Crippen molar-refractivity contribution in [2.24, 2.45) is 0 Å². The van der Waals surface area contributed by atoms with Crippen LogP contribution in [0.1, 0.15) is 36.7 Å². The molecule has 2 atom stereocenters. The summed E-state index contributed by atoms with van der Waals surface area (Å²) in [5.41, 5.74) is -0.879. The Morgan fingerprint density at radius 2 is 1.73 bits per heavy atom. The summed E-state index contributed by atoms with van der Waals surface area (Å²) in [6.45, 7) is 3.01. The Balaban J connectivity index is 1.75. The molecule has 0 bridgehead atoms. The van der Waals surface area contributed by atoms with Crippen molar-refractivity contribution >= 4 is 17.7 Å². The molecule has 2 aliphatic heterocycles. The molecule has 1 fully saturated rings. The van der Waals surface area contributed by atoms with Gasteiger partial charge in [-0.25, -0.2) is 9.59 Å². The van der Waals surface area contributed by atoms with Crippen LogP contribution in [0.4, 0.5) is 0 Å². The first-order valence-corrected chi connectivity index (χ1v) is 10.1. The molecule has 2 unspecified atom stereocenters. The minimum absolute atomic E-state index is 0.0494. The molecule has 2 aliphatic rings. The van der Waals surface area contributed by atoms with Crippen LogP contribution in [0.15, 0.2) is 59.0 Å². The molecule has 7 nitrogen and oxygen atoms in total. The van der Waals surface area contributed by atoms with Crippen molar-refractivity contribution in [2.75, 3.05) is 13.1 Å². The van der Waals surface area contributed by atoms with E-state index in [0.717, 1.165) is 30.6 Å². The predicted octanol–water partition coefficient (Wildman–Crippen LogP) is 3.36. The standard InChI is InChI=1S/C23H23NO6/c1-2-23(21(27)18-11-10-17(28-18)16-8-4-3-5-9-16)22(24-14-6-7-15-24)29-19(25)12-13-20(26)30-23/h3-5,8-13,22H,2,6-7,14-15H2,1H3/b13-12-. The molecule has 7 heteroatoms. The number of hydrogen-bond donors (Lipinski definition) is 0. The lowest BCUT2D eigenvalue weighted by Gasteiger charge is -2.41. The number of ketones is 1. The smallest absolute Gasteiger partial charge is 0.332 e. The van der Waals surface area contributed by atoms with Gasteiger partial charge in [-0.2, -0.15) is 0 Å². The Morgan fingerprint density at radius 3 is 2.43 bits per heavy atom. The van der Waals surface area contributed by atoms with E-state index in [-0.39, 0.29) is 12.2 Å². The molecular weight excluding hydrogens is 386 g/mol. The number of carbonyl (C=O) groups is 3. The molecular formula is C23H23NO6. The van der Waals surface area contributed by atoms with Crippen molar-refractivity contribution in [3.05, 3.63) is 60.4 Å². The minimum Gasteiger partial charge on any atom is -0.453 e. The molecule has 2 aromatic rings. The minimum atomic E-state index is -1.70. The van der Waals surface area contributed by atoms with Gasteiger partial charge in [0.2, 0.25) is 17.6 Å². The van der Waals surface area contributed by atoms with E-state index >= 15 is 0 Å². The summed E-state index contributed by atoms with van der Waals surface area (Å²) in [4.78, 5) is 40.1. The molecule has 0 N–H and O–H groups in total. The molecule has 156 valence electrons. The van der Waals surface area contributed by atoms with Gasteiger partial charge < -0.3 is 13.9 Å². The molecule has 1 aromatic carbocycles. The number of cyclic esters (lactones) is 2. The third-order valence-electron chi connectivity index (χ3n) is 5.53. The highest BCUT2D eigenvalue weighted by molar-refractivity contribution is 6.04. The summed E-state index contributed by atoms with van der Waals surface area (Å²) in [5.74, 6) is -1.40. The zero-order valence-corrected chi connectivity index (χ0v) is 16.7. The maximum absolute atomic E-state index is 13.7. The molecule has 0 aliphatic carbocycles. The highest BCUT2D eigenvalue weighted by Crippen LogP contribution is 2.35. The van der Waals surface area contributed by atoms with E-state index < -0.39 is 29.6 Å². The van der Waals surface area contributed by atoms with Gasteiger partial charge in [0.05, 0.1) is 0 Å². The van der Waals surface area contributed by atoms with Gasteiger partial charge in [0.15, 0.2) is 5.76 Å². The summed E-state index contributed by atoms with van der Waals surface area (Å²) < 4.78 is 17.1. The Labute approximate surface area is 174 Å². The fraction of sp³-hybridized carbons (Fsp3) is 0.348. The van der Waals surface area contributed by atoms with Gasteiger partial charge in [-0.05, 0) is 31.4 Å². The van der Waals surface area contributed by atoms with Gasteiger partial charge in [0, 0.05) is 30.8 Å². The summed E-state index contributed by atoms with van der Waals surface area (Å²) in [6, 6.07) is 12.6. The van der Waals surface area contributed by atoms with Gasteiger partial charge in [-0.3, -0.25) is 9.69 Å². The zero-order valence-electron chi connectivity index (χ0n) is 16.7. The molecule has 3 heterocycles. The zero-order chi connectivity index (χ0) is 21.1. The largest absolute Gasteiger partial charge is 0.453 e. The van der Waals surface area contributed by atoms with Crippen LogP contribution in [0.25, 0.3) is 11.3 Å². The van der Waals surface area contributed by atoms with E-state index in [2.05, 4.69) is 0 Å².